The second-order valence-corrected chi connectivity index (χ2v) is 4.14. The van der Waals surface area contributed by atoms with E-state index in [9.17, 15) is 14.9 Å². The molecule has 0 radical (unpaired) electrons. The summed E-state index contributed by atoms with van der Waals surface area (Å²) in [5.41, 5.74) is 1.16. The van der Waals surface area contributed by atoms with E-state index in [-0.39, 0.29) is 24.1 Å². The van der Waals surface area contributed by atoms with Gasteiger partial charge >= 0.3 is 5.97 Å². The van der Waals surface area contributed by atoms with Crippen molar-refractivity contribution in [1.82, 2.24) is 10.2 Å². The standard InChI is InChI=1S/C12H11N3O6/c1-7-4-8(15(18)19)2-3-9(7)12-14-13-10(21-12)5-20-6-11(16)17/h2-4H,5-6H2,1H3,(H,16,17). The first kappa shape index (κ1) is 14.6. The number of benzene rings is 1. The number of carboxylic acids is 1. The Morgan fingerprint density at radius 2 is 2.24 bits per heavy atom. The van der Waals surface area contributed by atoms with Gasteiger partial charge in [-0.3, -0.25) is 10.1 Å². The van der Waals surface area contributed by atoms with Gasteiger partial charge in [0.25, 0.3) is 5.69 Å². The van der Waals surface area contributed by atoms with E-state index in [0.717, 1.165) is 0 Å². The minimum absolute atomic E-state index is 0.0271. The summed E-state index contributed by atoms with van der Waals surface area (Å²) in [4.78, 5) is 20.5. The number of nitrogens with zero attached hydrogens (tertiary/aromatic N) is 3. The number of aliphatic carboxylic acids is 1. The maximum Gasteiger partial charge on any atom is 0.329 e. The Morgan fingerprint density at radius 1 is 1.48 bits per heavy atom. The number of hydrogen-bond acceptors (Lipinski definition) is 7. The number of hydrogen-bond donors (Lipinski definition) is 1. The van der Waals surface area contributed by atoms with Crippen molar-refractivity contribution in [2.45, 2.75) is 13.5 Å². The zero-order valence-electron chi connectivity index (χ0n) is 11.0. The molecule has 0 aliphatic rings. The van der Waals surface area contributed by atoms with Gasteiger partial charge in [0.15, 0.2) is 0 Å². The van der Waals surface area contributed by atoms with Crippen molar-refractivity contribution in [2.24, 2.45) is 0 Å². The third kappa shape index (κ3) is 3.60. The fourth-order valence-corrected chi connectivity index (χ4v) is 1.65. The van der Waals surface area contributed by atoms with E-state index in [2.05, 4.69) is 10.2 Å². The minimum Gasteiger partial charge on any atom is -0.480 e. The number of ether oxygens (including phenoxy) is 1. The molecule has 9 heteroatoms. The molecule has 2 aromatic rings. The van der Waals surface area contributed by atoms with E-state index in [4.69, 9.17) is 14.3 Å². The number of non-ortho nitro benzene ring substituents is 1. The van der Waals surface area contributed by atoms with E-state index in [1.807, 2.05) is 0 Å². The summed E-state index contributed by atoms with van der Waals surface area (Å²) in [5, 5.41) is 26.6. The number of carbonyl (C=O) groups is 1. The predicted molar refractivity (Wildman–Crippen MR) is 68.4 cm³/mol. The first-order valence-electron chi connectivity index (χ1n) is 5.84. The van der Waals surface area contributed by atoms with Gasteiger partial charge in [-0.25, -0.2) is 4.79 Å². The molecule has 0 saturated heterocycles. The van der Waals surface area contributed by atoms with E-state index < -0.39 is 17.5 Å². The van der Waals surface area contributed by atoms with Crippen LogP contribution in [0.1, 0.15) is 11.5 Å². The topological polar surface area (TPSA) is 129 Å². The molecule has 0 atom stereocenters. The maximum atomic E-state index is 10.7. The van der Waals surface area contributed by atoms with Crippen LogP contribution in [0.25, 0.3) is 11.5 Å². The zero-order chi connectivity index (χ0) is 15.4. The van der Waals surface area contributed by atoms with Gasteiger partial charge in [0, 0.05) is 17.7 Å². The largest absolute Gasteiger partial charge is 0.480 e. The third-order valence-electron chi connectivity index (χ3n) is 2.57. The van der Waals surface area contributed by atoms with Crippen LogP contribution in [0.3, 0.4) is 0 Å². The maximum absolute atomic E-state index is 10.7. The van der Waals surface area contributed by atoms with Gasteiger partial charge < -0.3 is 14.3 Å². The summed E-state index contributed by atoms with van der Waals surface area (Å²) in [7, 11) is 0. The Morgan fingerprint density at radius 3 is 2.86 bits per heavy atom. The Kier molecular flexibility index (Phi) is 4.24. The van der Waals surface area contributed by atoms with Crippen LogP contribution in [0.5, 0.6) is 0 Å². The third-order valence-corrected chi connectivity index (χ3v) is 2.57. The monoisotopic (exact) mass is 293 g/mol. The Balaban J connectivity index is 2.14. The van der Waals surface area contributed by atoms with Crippen molar-refractivity contribution in [1.29, 1.82) is 0 Å². The fraction of sp³-hybridized carbons (Fsp3) is 0.250. The Hall–Kier alpha value is -2.81. The van der Waals surface area contributed by atoms with Crippen LogP contribution < -0.4 is 0 Å². The molecule has 0 aliphatic heterocycles. The molecule has 1 aromatic carbocycles. The van der Waals surface area contributed by atoms with Gasteiger partial charge in [-0.05, 0) is 18.6 Å². The van der Waals surface area contributed by atoms with Crippen LogP contribution in [0.15, 0.2) is 22.6 Å². The first-order valence-corrected chi connectivity index (χ1v) is 5.84. The van der Waals surface area contributed by atoms with Crippen LogP contribution >= 0.6 is 0 Å². The van der Waals surface area contributed by atoms with Gasteiger partial charge in [0.1, 0.15) is 13.2 Å². The summed E-state index contributed by atoms with van der Waals surface area (Å²) < 4.78 is 10.1. The van der Waals surface area contributed by atoms with Gasteiger partial charge in [0.2, 0.25) is 11.8 Å². The molecule has 0 amide bonds. The summed E-state index contributed by atoms with van der Waals surface area (Å²) in [6, 6.07) is 4.26. The average Bonchev–Trinajstić information content (AvgIpc) is 2.86. The molecule has 1 aromatic heterocycles. The Bertz CT molecular complexity index is 681. The first-order chi connectivity index (χ1) is 9.97. The Labute approximate surface area is 118 Å². The number of rotatable bonds is 6. The molecule has 0 spiro atoms. The van der Waals surface area contributed by atoms with Crippen molar-refractivity contribution < 1.29 is 24.0 Å². The molecule has 0 saturated carbocycles. The summed E-state index contributed by atoms with van der Waals surface area (Å²) >= 11 is 0. The molecule has 1 N–H and O–H groups in total. The van der Waals surface area contributed by atoms with Crippen molar-refractivity contribution in [3.05, 3.63) is 39.8 Å². The van der Waals surface area contributed by atoms with Crippen LogP contribution in [-0.2, 0) is 16.1 Å². The molecule has 21 heavy (non-hydrogen) atoms. The molecular formula is C12H11N3O6. The number of nitro benzene ring substituents is 1. The quantitative estimate of drug-likeness (QED) is 0.627. The van der Waals surface area contributed by atoms with Crippen LogP contribution in [0.4, 0.5) is 5.69 Å². The molecular weight excluding hydrogens is 282 g/mol. The molecule has 0 bridgehead atoms. The van der Waals surface area contributed by atoms with E-state index in [0.29, 0.717) is 11.1 Å². The smallest absolute Gasteiger partial charge is 0.329 e. The SMILES string of the molecule is Cc1cc([N+](=O)[O-])ccc1-c1nnc(COCC(=O)O)o1. The van der Waals surface area contributed by atoms with Gasteiger partial charge in [-0.1, -0.05) is 0 Å². The number of aromatic nitrogens is 2. The van der Waals surface area contributed by atoms with E-state index in [1.165, 1.54) is 18.2 Å². The highest BCUT2D eigenvalue weighted by atomic mass is 16.6. The average molecular weight is 293 g/mol. The molecule has 9 nitrogen and oxygen atoms in total. The molecule has 0 fully saturated rings. The summed E-state index contributed by atoms with van der Waals surface area (Å²) in [6.45, 7) is 1.10. The van der Waals surface area contributed by atoms with Crippen molar-refractivity contribution in [3.63, 3.8) is 0 Å². The molecule has 1 heterocycles. The lowest BCUT2D eigenvalue weighted by atomic mass is 10.1. The lowest BCUT2D eigenvalue weighted by Crippen LogP contribution is -2.06. The van der Waals surface area contributed by atoms with Gasteiger partial charge in [-0.2, -0.15) is 0 Å². The van der Waals surface area contributed by atoms with E-state index >= 15 is 0 Å². The zero-order valence-corrected chi connectivity index (χ0v) is 11.0. The van der Waals surface area contributed by atoms with Crippen molar-refractivity contribution in [2.75, 3.05) is 6.61 Å². The summed E-state index contributed by atoms with van der Waals surface area (Å²) in [5.74, 6) is -0.777. The number of aryl methyl sites for hydroxylation is 1. The van der Waals surface area contributed by atoms with Crippen LogP contribution in [0, 0.1) is 17.0 Å². The second kappa shape index (κ2) is 6.09. The molecule has 110 valence electrons. The minimum atomic E-state index is -1.10. The van der Waals surface area contributed by atoms with Crippen LogP contribution in [0.2, 0.25) is 0 Å². The van der Waals surface area contributed by atoms with E-state index in [1.54, 1.807) is 6.92 Å². The second-order valence-electron chi connectivity index (χ2n) is 4.14. The normalized spacial score (nSPS) is 10.5. The van der Waals surface area contributed by atoms with Crippen molar-refractivity contribution in [3.8, 4) is 11.5 Å². The summed E-state index contributed by atoms with van der Waals surface area (Å²) in [6.07, 6.45) is 0. The van der Waals surface area contributed by atoms with Gasteiger partial charge in [-0.15, -0.1) is 10.2 Å². The molecule has 0 unspecified atom stereocenters. The van der Waals surface area contributed by atoms with Gasteiger partial charge in [0.05, 0.1) is 4.92 Å². The fourth-order valence-electron chi connectivity index (χ4n) is 1.65. The molecule has 0 aliphatic carbocycles. The highest BCUT2D eigenvalue weighted by Gasteiger charge is 2.14. The lowest BCUT2D eigenvalue weighted by Gasteiger charge is -2.00. The van der Waals surface area contributed by atoms with Crippen LogP contribution in [-0.4, -0.2) is 32.8 Å². The molecule has 2 rings (SSSR count). The highest BCUT2D eigenvalue weighted by molar-refractivity contribution is 5.68. The predicted octanol–water partition coefficient (Wildman–Crippen LogP) is 1.55. The lowest BCUT2D eigenvalue weighted by molar-refractivity contribution is -0.384. The highest BCUT2D eigenvalue weighted by Crippen LogP contribution is 2.25. The number of nitro groups is 1. The number of carboxylic acid groups (broad SMARTS) is 1. The van der Waals surface area contributed by atoms with Crippen molar-refractivity contribution >= 4 is 11.7 Å².